The van der Waals surface area contributed by atoms with Crippen LogP contribution in [0.15, 0.2) is 66.7 Å². The molecule has 0 amide bonds. The van der Waals surface area contributed by atoms with Crippen molar-refractivity contribution in [2.75, 3.05) is 17.5 Å². The Morgan fingerprint density at radius 1 is 1.00 bits per heavy atom. The van der Waals surface area contributed by atoms with Crippen molar-refractivity contribution in [2.24, 2.45) is 0 Å². The van der Waals surface area contributed by atoms with E-state index >= 15 is 0 Å². The fourth-order valence-corrected chi connectivity index (χ4v) is 4.38. The van der Waals surface area contributed by atoms with E-state index in [1.165, 1.54) is 12.1 Å². The monoisotopic (exact) mass is 540 g/mol. The van der Waals surface area contributed by atoms with Crippen molar-refractivity contribution in [3.8, 4) is 5.75 Å². The lowest BCUT2D eigenvalue weighted by Crippen LogP contribution is -2.45. The number of aliphatic hydroxyl groups excluding tert-OH is 1. The average Bonchev–Trinajstić information content (AvgIpc) is 2.79. The van der Waals surface area contributed by atoms with Gasteiger partial charge in [-0.15, -0.1) is 0 Å². The van der Waals surface area contributed by atoms with Crippen molar-refractivity contribution in [3.05, 3.63) is 93.7 Å². The lowest BCUT2D eigenvalue weighted by Gasteiger charge is -2.26. The van der Waals surface area contributed by atoms with E-state index in [-0.39, 0.29) is 11.7 Å². The van der Waals surface area contributed by atoms with Crippen LogP contribution in [0.2, 0.25) is 10.0 Å². The third-order valence-electron chi connectivity index (χ3n) is 5.23. The Hall–Kier alpha value is -2.36. The van der Waals surface area contributed by atoms with Crippen LogP contribution in [-0.2, 0) is 16.4 Å². The Labute approximate surface area is 215 Å². The molecule has 3 atom stereocenters. The molecule has 0 radical (unpaired) electrons. The summed E-state index contributed by atoms with van der Waals surface area (Å²) in [6, 6.07) is 18.1. The lowest BCUT2D eigenvalue weighted by atomic mass is 9.91. The predicted molar refractivity (Wildman–Crippen MR) is 138 cm³/mol. The Bertz CT molecular complexity index is 1220. The minimum atomic E-state index is -3.39. The van der Waals surface area contributed by atoms with Gasteiger partial charge in [0.05, 0.1) is 16.3 Å². The van der Waals surface area contributed by atoms with Gasteiger partial charge in [0.1, 0.15) is 17.7 Å². The van der Waals surface area contributed by atoms with E-state index in [0.717, 1.165) is 17.4 Å². The first-order valence-corrected chi connectivity index (χ1v) is 13.5. The first-order valence-electron chi connectivity index (χ1n) is 10.9. The Balaban J connectivity index is 1.74. The van der Waals surface area contributed by atoms with E-state index in [2.05, 4.69) is 10.0 Å². The fraction of sp³-hybridized carbons (Fsp3) is 0.280. The standard InChI is InChI=1S/C25H27Cl2FN2O4S/c1-16(31)25(34-22-10-8-21(9-11-22)30-35(2,32)33)29-15-19(13-17-3-6-20(28)7-4-17)18-5-12-23(26)24(27)14-18/h3-12,14,16,19,25,29-31H,13,15H2,1-2H3. The molecule has 6 nitrogen and oxygen atoms in total. The largest absolute Gasteiger partial charge is 0.473 e. The molecule has 0 aliphatic carbocycles. The Kier molecular flexibility index (Phi) is 9.38. The molecule has 0 spiro atoms. The quantitative estimate of drug-likeness (QED) is 0.291. The first kappa shape index (κ1) is 27.2. The van der Waals surface area contributed by atoms with Crippen LogP contribution in [0.1, 0.15) is 24.0 Å². The van der Waals surface area contributed by atoms with Gasteiger partial charge in [-0.25, -0.2) is 12.8 Å². The highest BCUT2D eigenvalue weighted by molar-refractivity contribution is 7.92. The second-order valence-corrected chi connectivity index (χ2v) is 10.8. The fourth-order valence-electron chi connectivity index (χ4n) is 3.51. The maximum Gasteiger partial charge on any atom is 0.229 e. The predicted octanol–water partition coefficient (Wildman–Crippen LogP) is 5.21. The van der Waals surface area contributed by atoms with E-state index in [1.807, 2.05) is 6.07 Å². The van der Waals surface area contributed by atoms with Crippen molar-refractivity contribution < 1.29 is 22.7 Å². The molecule has 3 aromatic carbocycles. The van der Waals surface area contributed by atoms with Crippen LogP contribution in [0.4, 0.5) is 10.1 Å². The summed E-state index contributed by atoms with van der Waals surface area (Å²) in [5, 5.41) is 14.4. The van der Waals surface area contributed by atoms with Gasteiger partial charge in [0.2, 0.25) is 10.0 Å². The number of anilines is 1. The van der Waals surface area contributed by atoms with Gasteiger partial charge in [0.25, 0.3) is 0 Å². The van der Waals surface area contributed by atoms with Crippen molar-refractivity contribution in [1.29, 1.82) is 0 Å². The number of rotatable bonds is 11. The average molecular weight is 541 g/mol. The second kappa shape index (κ2) is 12.1. The van der Waals surface area contributed by atoms with Crippen molar-refractivity contribution in [1.82, 2.24) is 5.32 Å². The number of ether oxygens (including phenoxy) is 1. The van der Waals surface area contributed by atoms with E-state index < -0.39 is 22.4 Å². The normalized spacial score (nSPS) is 14.2. The topological polar surface area (TPSA) is 87.7 Å². The molecule has 0 aliphatic heterocycles. The number of sulfonamides is 1. The van der Waals surface area contributed by atoms with E-state index in [4.69, 9.17) is 27.9 Å². The van der Waals surface area contributed by atoms with Crippen LogP contribution < -0.4 is 14.8 Å². The van der Waals surface area contributed by atoms with Crippen molar-refractivity contribution in [2.45, 2.75) is 31.6 Å². The lowest BCUT2D eigenvalue weighted by molar-refractivity contribution is 0.0261. The molecule has 188 valence electrons. The van der Waals surface area contributed by atoms with Crippen LogP contribution in [0.5, 0.6) is 5.75 Å². The summed E-state index contributed by atoms with van der Waals surface area (Å²) in [4.78, 5) is 0. The molecule has 10 heteroatoms. The number of hydrogen-bond donors (Lipinski definition) is 3. The number of nitrogens with one attached hydrogen (secondary N) is 2. The van der Waals surface area contributed by atoms with Gasteiger partial charge in [-0.05, 0) is 73.0 Å². The van der Waals surface area contributed by atoms with Gasteiger partial charge in [-0.1, -0.05) is 41.4 Å². The minimum absolute atomic E-state index is 0.0820. The Morgan fingerprint density at radius 2 is 1.66 bits per heavy atom. The zero-order valence-electron chi connectivity index (χ0n) is 19.2. The highest BCUT2D eigenvalue weighted by Crippen LogP contribution is 2.29. The van der Waals surface area contributed by atoms with Crippen LogP contribution >= 0.6 is 23.2 Å². The summed E-state index contributed by atoms with van der Waals surface area (Å²) in [5.74, 6) is 0.0618. The summed E-state index contributed by atoms with van der Waals surface area (Å²) in [6.45, 7) is 2.02. The maximum absolute atomic E-state index is 13.4. The van der Waals surface area contributed by atoms with E-state index in [0.29, 0.717) is 34.4 Å². The van der Waals surface area contributed by atoms with Gasteiger partial charge >= 0.3 is 0 Å². The van der Waals surface area contributed by atoms with Crippen LogP contribution in [0, 0.1) is 5.82 Å². The smallest absolute Gasteiger partial charge is 0.229 e. The molecule has 0 heterocycles. The molecule has 35 heavy (non-hydrogen) atoms. The zero-order valence-corrected chi connectivity index (χ0v) is 21.5. The molecule has 3 rings (SSSR count). The van der Waals surface area contributed by atoms with Gasteiger partial charge in [0, 0.05) is 18.2 Å². The van der Waals surface area contributed by atoms with Crippen LogP contribution in [0.3, 0.4) is 0 Å². The summed E-state index contributed by atoms with van der Waals surface area (Å²) in [6.07, 6.45) is 0.0521. The third kappa shape index (κ3) is 8.66. The van der Waals surface area contributed by atoms with Gasteiger partial charge < -0.3 is 9.84 Å². The molecule has 3 N–H and O–H groups in total. The number of benzene rings is 3. The van der Waals surface area contributed by atoms with Crippen molar-refractivity contribution >= 4 is 38.9 Å². The molecular formula is C25H27Cl2FN2O4S. The summed E-state index contributed by atoms with van der Waals surface area (Å²) < 4.78 is 44.5. The summed E-state index contributed by atoms with van der Waals surface area (Å²) in [5.41, 5.74) is 2.27. The number of hydrogen-bond acceptors (Lipinski definition) is 5. The molecule has 3 aromatic rings. The van der Waals surface area contributed by atoms with E-state index in [9.17, 15) is 17.9 Å². The number of aliphatic hydroxyl groups is 1. The van der Waals surface area contributed by atoms with Crippen molar-refractivity contribution in [3.63, 3.8) is 0 Å². The Morgan fingerprint density at radius 3 is 2.23 bits per heavy atom. The van der Waals surface area contributed by atoms with Gasteiger partial charge in [0.15, 0.2) is 6.23 Å². The molecule has 0 fully saturated rings. The molecule has 3 unspecified atom stereocenters. The highest BCUT2D eigenvalue weighted by Gasteiger charge is 2.21. The molecule has 0 bridgehead atoms. The summed E-state index contributed by atoms with van der Waals surface area (Å²) in [7, 11) is -3.39. The molecule has 0 saturated carbocycles. The first-order chi connectivity index (χ1) is 16.5. The maximum atomic E-state index is 13.4. The van der Waals surface area contributed by atoms with Crippen LogP contribution in [-0.4, -0.2) is 38.7 Å². The summed E-state index contributed by atoms with van der Waals surface area (Å²) >= 11 is 12.3. The van der Waals surface area contributed by atoms with Crippen LogP contribution in [0.25, 0.3) is 0 Å². The molecule has 0 aromatic heterocycles. The highest BCUT2D eigenvalue weighted by atomic mass is 35.5. The SMILES string of the molecule is CC(O)C(NCC(Cc1ccc(F)cc1)c1ccc(Cl)c(Cl)c1)Oc1ccc(NS(C)(=O)=O)cc1. The second-order valence-electron chi connectivity index (χ2n) is 8.29. The number of halogens is 3. The van der Waals surface area contributed by atoms with E-state index in [1.54, 1.807) is 55.5 Å². The minimum Gasteiger partial charge on any atom is -0.473 e. The molecular weight excluding hydrogens is 514 g/mol. The van der Waals surface area contributed by atoms with Gasteiger partial charge in [-0.3, -0.25) is 10.0 Å². The molecule has 0 aliphatic rings. The molecule has 0 saturated heterocycles. The third-order valence-corrected chi connectivity index (χ3v) is 6.58. The van der Waals surface area contributed by atoms with Gasteiger partial charge in [-0.2, -0.15) is 0 Å². The zero-order chi connectivity index (χ0) is 25.6.